The van der Waals surface area contributed by atoms with Crippen molar-refractivity contribution in [1.29, 1.82) is 0 Å². The Hall–Kier alpha value is -2.33. The average Bonchev–Trinajstić information content (AvgIpc) is 3.37. The minimum Gasteiger partial charge on any atom is -0.494 e. The molecule has 0 aliphatic carbocycles. The quantitative estimate of drug-likeness (QED) is 0.495. The van der Waals surface area contributed by atoms with E-state index in [1.807, 2.05) is 0 Å². The molecule has 1 fully saturated rings. The predicted molar refractivity (Wildman–Crippen MR) is 115 cm³/mol. The number of nitrogens with zero attached hydrogens (tertiary/aromatic N) is 3. The highest BCUT2D eigenvalue weighted by molar-refractivity contribution is 5.76. The van der Waals surface area contributed by atoms with E-state index in [0.29, 0.717) is 6.04 Å². The van der Waals surface area contributed by atoms with Crippen LogP contribution in [-0.2, 0) is 6.54 Å². The summed E-state index contributed by atoms with van der Waals surface area (Å²) in [5.41, 5.74) is 3.63. The van der Waals surface area contributed by atoms with E-state index in [1.165, 1.54) is 42.8 Å². The van der Waals surface area contributed by atoms with Crippen molar-refractivity contribution >= 4 is 11.0 Å². The summed E-state index contributed by atoms with van der Waals surface area (Å²) in [5.74, 6) is 2.17. The molecule has 1 atom stereocenters. The standard InChI is InChI=1S/C24H31N3O/c1-19-11-13-21(14-12-19)28-18-8-7-17-27-23-10-4-3-9-22(23)25-24(27)20(2)26-15-5-6-16-26/h3-4,9-14,20H,5-8,15-18H2,1-2H3. The average molecular weight is 378 g/mol. The van der Waals surface area contributed by atoms with Gasteiger partial charge >= 0.3 is 0 Å². The van der Waals surface area contributed by atoms with Crippen LogP contribution in [0.25, 0.3) is 11.0 Å². The Morgan fingerprint density at radius 3 is 2.54 bits per heavy atom. The molecular formula is C24H31N3O. The number of hydrogen-bond donors (Lipinski definition) is 0. The molecule has 4 rings (SSSR count). The van der Waals surface area contributed by atoms with Crippen LogP contribution in [0.5, 0.6) is 5.75 Å². The monoisotopic (exact) mass is 377 g/mol. The topological polar surface area (TPSA) is 30.3 Å². The van der Waals surface area contributed by atoms with Crippen LogP contribution in [0.1, 0.15) is 50.0 Å². The third-order valence-corrected chi connectivity index (χ3v) is 5.81. The van der Waals surface area contributed by atoms with Gasteiger partial charge in [0.05, 0.1) is 23.7 Å². The summed E-state index contributed by atoms with van der Waals surface area (Å²) in [5, 5.41) is 0. The van der Waals surface area contributed by atoms with Gasteiger partial charge in [0.25, 0.3) is 0 Å². The zero-order chi connectivity index (χ0) is 19.3. The Bertz CT molecular complexity index is 894. The van der Waals surface area contributed by atoms with Crippen LogP contribution in [0, 0.1) is 6.92 Å². The van der Waals surface area contributed by atoms with E-state index in [0.717, 1.165) is 37.3 Å². The minimum atomic E-state index is 0.374. The first-order chi connectivity index (χ1) is 13.7. The number of imidazole rings is 1. The van der Waals surface area contributed by atoms with Crippen LogP contribution in [0.4, 0.5) is 0 Å². The first-order valence-electron chi connectivity index (χ1n) is 10.6. The maximum atomic E-state index is 5.89. The molecule has 148 valence electrons. The third-order valence-electron chi connectivity index (χ3n) is 5.81. The number of fused-ring (bicyclic) bond motifs is 1. The van der Waals surface area contributed by atoms with Gasteiger partial charge < -0.3 is 9.30 Å². The molecule has 28 heavy (non-hydrogen) atoms. The number of para-hydroxylation sites is 2. The van der Waals surface area contributed by atoms with Gasteiger partial charge in [-0.2, -0.15) is 0 Å². The summed E-state index contributed by atoms with van der Waals surface area (Å²) in [7, 11) is 0. The zero-order valence-electron chi connectivity index (χ0n) is 17.1. The van der Waals surface area contributed by atoms with Crippen molar-refractivity contribution in [2.24, 2.45) is 0 Å². The number of aromatic nitrogens is 2. The van der Waals surface area contributed by atoms with Gasteiger partial charge in [0.15, 0.2) is 0 Å². The van der Waals surface area contributed by atoms with E-state index in [2.05, 4.69) is 71.8 Å². The maximum Gasteiger partial charge on any atom is 0.127 e. The first-order valence-corrected chi connectivity index (χ1v) is 10.6. The summed E-state index contributed by atoms with van der Waals surface area (Å²) in [6.45, 7) is 8.53. The maximum absolute atomic E-state index is 5.89. The van der Waals surface area contributed by atoms with Crippen molar-refractivity contribution in [2.75, 3.05) is 19.7 Å². The fourth-order valence-corrected chi connectivity index (χ4v) is 4.14. The van der Waals surface area contributed by atoms with E-state index < -0.39 is 0 Å². The molecule has 4 nitrogen and oxygen atoms in total. The Balaban J connectivity index is 1.40. The molecule has 4 heteroatoms. The summed E-state index contributed by atoms with van der Waals surface area (Å²) >= 11 is 0. The normalized spacial score (nSPS) is 15.9. The lowest BCUT2D eigenvalue weighted by molar-refractivity contribution is 0.247. The highest BCUT2D eigenvalue weighted by atomic mass is 16.5. The van der Waals surface area contributed by atoms with Crippen molar-refractivity contribution in [2.45, 2.75) is 52.1 Å². The Morgan fingerprint density at radius 2 is 1.75 bits per heavy atom. The van der Waals surface area contributed by atoms with E-state index in [9.17, 15) is 0 Å². The summed E-state index contributed by atoms with van der Waals surface area (Å²) in [6, 6.07) is 17.2. The van der Waals surface area contributed by atoms with Crippen LogP contribution < -0.4 is 4.74 Å². The molecule has 2 aromatic carbocycles. The molecule has 0 radical (unpaired) electrons. The zero-order valence-corrected chi connectivity index (χ0v) is 17.1. The highest BCUT2D eigenvalue weighted by Crippen LogP contribution is 2.27. The number of hydrogen-bond acceptors (Lipinski definition) is 3. The second kappa shape index (κ2) is 8.78. The van der Waals surface area contributed by atoms with Crippen LogP contribution in [0.2, 0.25) is 0 Å². The van der Waals surface area contributed by atoms with E-state index >= 15 is 0 Å². The fourth-order valence-electron chi connectivity index (χ4n) is 4.14. The van der Waals surface area contributed by atoms with Crippen molar-refractivity contribution in [3.05, 3.63) is 59.9 Å². The molecule has 2 heterocycles. The van der Waals surface area contributed by atoms with Gasteiger partial charge in [-0.3, -0.25) is 4.90 Å². The number of unbranched alkanes of at least 4 members (excludes halogenated alkanes) is 1. The molecule has 0 amide bonds. The van der Waals surface area contributed by atoms with Gasteiger partial charge in [-0.05, 0) is 76.9 Å². The molecule has 1 aliphatic rings. The number of aryl methyl sites for hydroxylation is 2. The van der Waals surface area contributed by atoms with Crippen molar-refractivity contribution in [3.8, 4) is 5.75 Å². The molecule has 1 saturated heterocycles. The van der Waals surface area contributed by atoms with Crippen LogP contribution in [-0.4, -0.2) is 34.1 Å². The Morgan fingerprint density at radius 1 is 1.00 bits per heavy atom. The molecule has 0 spiro atoms. The second-order valence-corrected chi connectivity index (χ2v) is 7.90. The second-order valence-electron chi connectivity index (χ2n) is 7.90. The Labute approximate surface area is 168 Å². The van der Waals surface area contributed by atoms with E-state index in [4.69, 9.17) is 9.72 Å². The van der Waals surface area contributed by atoms with Gasteiger partial charge in [0.2, 0.25) is 0 Å². The Kier molecular flexibility index (Phi) is 5.96. The largest absolute Gasteiger partial charge is 0.494 e. The lowest BCUT2D eigenvalue weighted by atomic mass is 10.2. The van der Waals surface area contributed by atoms with Crippen LogP contribution in [0.15, 0.2) is 48.5 Å². The van der Waals surface area contributed by atoms with Gasteiger partial charge in [0.1, 0.15) is 11.6 Å². The fraction of sp³-hybridized carbons (Fsp3) is 0.458. The van der Waals surface area contributed by atoms with Crippen molar-refractivity contribution in [1.82, 2.24) is 14.5 Å². The third kappa shape index (κ3) is 4.22. The smallest absolute Gasteiger partial charge is 0.127 e. The number of benzene rings is 2. The van der Waals surface area contributed by atoms with Crippen molar-refractivity contribution < 1.29 is 4.74 Å². The summed E-state index contributed by atoms with van der Waals surface area (Å²) < 4.78 is 8.33. The van der Waals surface area contributed by atoms with Gasteiger partial charge in [-0.1, -0.05) is 29.8 Å². The number of rotatable bonds is 8. The van der Waals surface area contributed by atoms with Crippen LogP contribution in [0.3, 0.4) is 0 Å². The predicted octanol–water partition coefficient (Wildman–Crippen LogP) is 5.36. The molecule has 1 aromatic heterocycles. The van der Waals surface area contributed by atoms with Gasteiger partial charge in [-0.25, -0.2) is 4.98 Å². The summed E-state index contributed by atoms with van der Waals surface area (Å²) in [6.07, 6.45) is 4.74. The first kappa shape index (κ1) is 19.0. The van der Waals surface area contributed by atoms with E-state index in [1.54, 1.807) is 0 Å². The molecule has 1 unspecified atom stereocenters. The lowest BCUT2D eigenvalue weighted by Crippen LogP contribution is -2.26. The molecule has 0 N–H and O–H groups in total. The summed E-state index contributed by atoms with van der Waals surface area (Å²) in [4.78, 5) is 7.57. The molecular weight excluding hydrogens is 346 g/mol. The van der Waals surface area contributed by atoms with E-state index in [-0.39, 0.29) is 0 Å². The van der Waals surface area contributed by atoms with Gasteiger partial charge in [0, 0.05) is 6.54 Å². The SMILES string of the molecule is Cc1ccc(OCCCCn2c(C(C)N3CCCC3)nc3ccccc32)cc1. The molecule has 3 aromatic rings. The van der Waals surface area contributed by atoms with Crippen molar-refractivity contribution in [3.63, 3.8) is 0 Å². The number of ether oxygens (including phenoxy) is 1. The molecule has 1 aliphatic heterocycles. The molecule has 0 bridgehead atoms. The number of likely N-dealkylation sites (tertiary alicyclic amines) is 1. The lowest BCUT2D eigenvalue weighted by Gasteiger charge is -2.24. The highest BCUT2D eigenvalue weighted by Gasteiger charge is 2.24. The van der Waals surface area contributed by atoms with Crippen LogP contribution >= 0.6 is 0 Å². The van der Waals surface area contributed by atoms with Gasteiger partial charge in [-0.15, -0.1) is 0 Å². The minimum absolute atomic E-state index is 0.374. The molecule has 0 saturated carbocycles.